The molecule has 0 fully saturated rings. The standard InChI is InChI=1S/C19H18N4O3/c1-3-13-11-16(24)23-17(21-13)12-6-4-7-14(10-12)22-18(25)15-8-5-9-20-19(15)26-2/h4-11H,3H2,1-2H3,(H,22,25)(H,21,23,24). The van der Waals surface area contributed by atoms with Gasteiger partial charge in [-0.05, 0) is 30.7 Å². The third-order valence-corrected chi connectivity index (χ3v) is 3.76. The zero-order valence-electron chi connectivity index (χ0n) is 14.4. The van der Waals surface area contributed by atoms with E-state index in [1.807, 2.05) is 13.0 Å². The number of carbonyl (C=O) groups excluding carboxylic acids is 1. The second-order valence-electron chi connectivity index (χ2n) is 5.53. The van der Waals surface area contributed by atoms with E-state index in [-0.39, 0.29) is 17.3 Å². The van der Waals surface area contributed by atoms with Crippen molar-refractivity contribution in [2.75, 3.05) is 12.4 Å². The second-order valence-corrected chi connectivity index (χ2v) is 5.53. The molecule has 26 heavy (non-hydrogen) atoms. The van der Waals surface area contributed by atoms with Crippen LogP contribution in [0.3, 0.4) is 0 Å². The van der Waals surface area contributed by atoms with Gasteiger partial charge in [0.05, 0.1) is 7.11 Å². The number of rotatable bonds is 5. The van der Waals surface area contributed by atoms with Gasteiger partial charge in [0.25, 0.3) is 11.5 Å². The highest BCUT2D eigenvalue weighted by Crippen LogP contribution is 2.21. The Hall–Kier alpha value is -3.48. The minimum Gasteiger partial charge on any atom is -0.480 e. The Kier molecular flexibility index (Phi) is 5.07. The number of hydrogen-bond acceptors (Lipinski definition) is 5. The number of pyridine rings is 1. The maximum atomic E-state index is 12.5. The van der Waals surface area contributed by atoms with Gasteiger partial charge in [-0.15, -0.1) is 0 Å². The third kappa shape index (κ3) is 3.77. The van der Waals surface area contributed by atoms with E-state index in [1.54, 1.807) is 36.5 Å². The lowest BCUT2D eigenvalue weighted by molar-refractivity contribution is 0.102. The van der Waals surface area contributed by atoms with E-state index < -0.39 is 0 Å². The van der Waals surface area contributed by atoms with Crippen molar-refractivity contribution < 1.29 is 9.53 Å². The van der Waals surface area contributed by atoms with Crippen LogP contribution in [0.2, 0.25) is 0 Å². The van der Waals surface area contributed by atoms with Gasteiger partial charge in [-0.3, -0.25) is 9.59 Å². The first kappa shape index (κ1) is 17.3. The zero-order chi connectivity index (χ0) is 18.5. The van der Waals surface area contributed by atoms with Crippen molar-refractivity contribution in [2.24, 2.45) is 0 Å². The number of benzene rings is 1. The molecule has 3 rings (SSSR count). The molecule has 2 aromatic heterocycles. The Morgan fingerprint density at radius 2 is 2.08 bits per heavy atom. The molecule has 0 aliphatic carbocycles. The first-order chi connectivity index (χ1) is 12.6. The molecule has 0 radical (unpaired) electrons. The first-order valence-corrected chi connectivity index (χ1v) is 8.11. The van der Waals surface area contributed by atoms with Crippen molar-refractivity contribution in [1.82, 2.24) is 15.0 Å². The van der Waals surface area contributed by atoms with Gasteiger partial charge in [-0.25, -0.2) is 9.97 Å². The normalized spacial score (nSPS) is 10.4. The quantitative estimate of drug-likeness (QED) is 0.737. The van der Waals surface area contributed by atoms with Gasteiger partial charge in [0, 0.05) is 29.2 Å². The van der Waals surface area contributed by atoms with Crippen LogP contribution in [0.15, 0.2) is 53.5 Å². The lowest BCUT2D eigenvalue weighted by Crippen LogP contribution is -2.14. The predicted octanol–water partition coefficient (Wildman–Crippen LogP) is 2.66. The summed E-state index contributed by atoms with van der Waals surface area (Å²) in [4.78, 5) is 35.4. The Labute approximate surface area is 150 Å². The Morgan fingerprint density at radius 3 is 2.85 bits per heavy atom. The Bertz CT molecular complexity index is 998. The molecule has 7 heteroatoms. The highest BCUT2D eigenvalue weighted by molar-refractivity contribution is 6.06. The number of aryl methyl sites for hydroxylation is 1. The van der Waals surface area contributed by atoms with Crippen LogP contribution in [0.25, 0.3) is 11.4 Å². The maximum absolute atomic E-state index is 12.5. The molecule has 0 saturated carbocycles. The van der Waals surface area contributed by atoms with Crippen LogP contribution in [-0.2, 0) is 6.42 Å². The molecule has 2 N–H and O–H groups in total. The van der Waals surface area contributed by atoms with Crippen LogP contribution in [0, 0.1) is 0 Å². The third-order valence-electron chi connectivity index (χ3n) is 3.76. The molecule has 1 amide bonds. The molecule has 3 aromatic rings. The van der Waals surface area contributed by atoms with Crippen LogP contribution in [0.5, 0.6) is 5.88 Å². The summed E-state index contributed by atoms with van der Waals surface area (Å²) in [5, 5.41) is 2.81. The summed E-state index contributed by atoms with van der Waals surface area (Å²) < 4.78 is 5.11. The van der Waals surface area contributed by atoms with Crippen LogP contribution in [-0.4, -0.2) is 28.0 Å². The van der Waals surface area contributed by atoms with E-state index in [0.717, 1.165) is 0 Å². The molecule has 0 spiro atoms. The Morgan fingerprint density at radius 1 is 1.23 bits per heavy atom. The molecule has 0 aliphatic rings. The number of ether oxygens (including phenoxy) is 1. The van der Waals surface area contributed by atoms with Crippen molar-refractivity contribution in [3.8, 4) is 17.3 Å². The van der Waals surface area contributed by atoms with Gasteiger partial charge in [0.15, 0.2) is 0 Å². The largest absolute Gasteiger partial charge is 0.480 e. The monoisotopic (exact) mass is 350 g/mol. The summed E-state index contributed by atoms with van der Waals surface area (Å²) in [7, 11) is 1.46. The summed E-state index contributed by atoms with van der Waals surface area (Å²) in [6.07, 6.45) is 2.22. The minimum absolute atomic E-state index is 0.207. The van der Waals surface area contributed by atoms with E-state index >= 15 is 0 Å². The summed E-state index contributed by atoms with van der Waals surface area (Å²) in [5.41, 5.74) is 2.11. The molecule has 0 aliphatic heterocycles. The number of aromatic amines is 1. The lowest BCUT2D eigenvalue weighted by atomic mass is 10.1. The SMILES string of the molecule is CCc1cc(=O)[nH]c(-c2cccc(NC(=O)c3cccnc3OC)c2)n1. The fourth-order valence-corrected chi connectivity index (χ4v) is 2.49. The number of carbonyl (C=O) groups is 1. The molecule has 132 valence electrons. The fourth-order valence-electron chi connectivity index (χ4n) is 2.49. The lowest BCUT2D eigenvalue weighted by Gasteiger charge is -2.09. The summed E-state index contributed by atoms with van der Waals surface area (Å²) in [5.74, 6) is 0.378. The molecule has 0 atom stereocenters. The van der Waals surface area contributed by atoms with Gasteiger partial charge >= 0.3 is 0 Å². The maximum Gasteiger partial charge on any atom is 0.261 e. The van der Waals surface area contributed by atoms with Gasteiger partial charge in [-0.2, -0.15) is 0 Å². The van der Waals surface area contributed by atoms with Crippen molar-refractivity contribution in [1.29, 1.82) is 0 Å². The van der Waals surface area contributed by atoms with Gasteiger partial charge in [-0.1, -0.05) is 19.1 Å². The number of amides is 1. The zero-order valence-corrected chi connectivity index (χ0v) is 14.4. The molecular formula is C19H18N4O3. The molecule has 0 unspecified atom stereocenters. The van der Waals surface area contributed by atoms with Crippen molar-refractivity contribution >= 4 is 11.6 Å². The summed E-state index contributed by atoms with van der Waals surface area (Å²) >= 11 is 0. The minimum atomic E-state index is -0.337. The van der Waals surface area contributed by atoms with Crippen LogP contribution in [0.4, 0.5) is 5.69 Å². The van der Waals surface area contributed by atoms with Crippen LogP contribution in [0.1, 0.15) is 23.0 Å². The van der Waals surface area contributed by atoms with Gasteiger partial charge in [0.1, 0.15) is 11.4 Å². The molecule has 1 aromatic carbocycles. The van der Waals surface area contributed by atoms with Crippen molar-refractivity contribution in [2.45, 2.75) is 13.3 Å². The van der Waals surface area contributed by atoms with E-state index in [0.29, 0.717) is 34.8 Å². The fraction of sp³-hybridized carbons (Fsp3) is 0.158. The average Bonchev–Trinajstić information content (AvgIpc) is 2.67. The van der Waals surface area contributed by atoms with Crippen LogP contribution >= 0.6 is 0 Å². The smallest absolute Gasteiger partial charge is 0.261 e. The number of aromatic nitrogens is 3. The topological polar surface area (TPSA) is 97.0 Å². The van der Waals surface area contributed by atoms with Gasteiger partial charge < -0.3 is 15.0 Å². The number of anilines is 1. The number of H-pyrrole nitrogens is 1. The van der Waals surface area contributed by atoms with Crippen LogP contribution < -0.4 is 15.6 Å². The molecule has 2 heterocycles. The summed E-state index contributed by atoms with van der Waals surface area (Å²) in [6.45, 7) is 1.93. The first-order valence-electron chi connectivity index (χ1n) is 8.11. The second kappa shape index (κ2) is 7.60. The Balaban J connectivity index is 1.89. The highest BCUT2D eigenvalue weighted by Gasteiger charge is 2.13. The summed E-state index contributed by atoms with van der Waals surface area (Å²) in [6, 6.07) is 11.9. The number of methoxy groups -OCH3 is 1. The number of hydrogen-bond donors (Lipinski definition) is 2. The number of nitrogens with zero attached hydrogens (tertiary/aromatic N) is 2. The van der Waals surface area contributed by atoms with Crippen molar-refractivity contribution in [3.05, 3.63) is 70.3 Å². The molecule has 0 saturated heterocycles. The predicted molar refractivity (Wildman–Crippen MR) is 98.4 cm³/mol. The van der Waals surface area contributed by atoms with E-state index in [1.165, 1.54) is 13.2 Å². The van der Waals surface area contributed by atoms with E-state index in [4.69, 9.17) is 4.74 Å². The molecule has 7 nitrogen and oxygen atoms in total. The van der Waals surface area contributed by atoms with E-state index in [2.05, 4.69) is 20.3 Å². The average molecular weight is 350 g/mol. The molecular weight excluding hydrogens is 332 g/mol. The molecule has 0 bridgehead atoms. The van der Waals surface area contributed by atoms with Crippen molar-refractivity contribution in [3.63, 3.8) is 0 Å². The highest BCUT2D eigenvalue weighted by atomic mass is 16.5. The van der Waals surface area contributed by atoms with E-state index in [9.17, 15) is 9.59 Å². The number of nitrogens with one attached hydrogen (secondary N) is 2. The van der Waals surface area contributed by atoms with Gasteiger partial charge in [0.2, 0.25) is 5.88 Å².